The maximum Gasteiger partial charge on any atom is 0.237 e. The first-order chi connectivity index (χ1) is 8.19. The van der Waals surface area contributed by atoms with E-state index in [1.54, 1.807) is 7.11 Å². The van der Waals surface area contributed by atoms with Crippen molar-refractivity contribution in [2.75, 3.05) is 33.4 Å². The van der Waals surface area contributed by atoms with Crippen LogP contribution < -0.4 is 5.32 Å². The number of ether oxygens (including phenoxy) is 1. The molecule has 0 aromatic rings. The number of methoxy groups -OCH3 is 1. The molecular formula is C12H22N2O3. The van der Waals surface area contributed by atoms with Gasteiger partial charge in [-0.2, -0.15) is 0 Å². The second-order valence-corrected chi connectivity index (χ2v) is 4.49. The van der Waals surface area contributed by atoms with Gasteiger partial charge in [0.15, 0.2) is 0 Å². The van der Waals surface area contributed by atoms with Gasteiger partial charge in [-0.25, -0.2) is 0 Å². The topological polar surface area (TPSA) is 58.6 Å². The molecule has 1 rings (SSSR count). The van der Waals surface area contributed by atoms with Crippen LogP contribution in [0.15, 0.2) is 0 Å². The van der Waals surface area contributed by atoms with Crippen molar-refractivity contribution in [2.24, 2.45) is 5.92 Å². The van der Waals surface area contributed by atoms with Crippen LogP contribution in [0.3, 0.4) is 0 Å². The summed E-state index contributed by atoms with van der Waals surface area (Å²) in [5, 5.41) is 2.82. The lowest BCUT2D eigenvalue weighted by molar-refractivity contribution is -0.127. The van der Waals surface area contributed by atoms with E-state index in [4.69, 9.17) is 4.74 Å². The van der Waals surface area contributed by atoms with Crippen LogP contribution in [0.2, 0.25) is 0 Å². The van der Waals surface area contributed by atoms with Gasteiger partial charge in [-0.1, -0.05) is 0 Å². The molecule has 5 nitrogen and oxygen atoms in total. The third-order valence-corrected chi connectivity index (χ3v) is 3.21. The number of likely N-dealkylation sites (tertiary alicyclic amines) is 1. The summed E-state index contributed by atoms with van der Waals surface area (Å²) < 4.78 is 4.88. The summed E-state index contributed by atoms with van der Waals surface area (Å²) in [4.78, 5) is 24.7. The standard InChI is InChI=1S/C12H22N2O3/c1-10(12(16)13-5-7-17-2)14-6-3-4-11(8-14)9-15/h9-11H,3-8H2,1-2H3,(H,13,16). The average molecular weight is 242 g/mol. The SMILES string of the molecule is COCCNC(=O)C(C)N1CCCC(C=O)C1. The Morgan fingerprint density at radius 1 is 1.65 bits per heavy atom. The number of nitrogens with zero attached hydrogens (tertiary/aromatic N) is 1. The van der Waals surface area contributed by atoms with E-state index in [0.29, 0.717) is 19.7 Å². The van der Waals surface area contributed by atoms with Crippen LogP contribution in [0.25, 0.3) is 0 Å². The van der Waals surface area contributed by atoms with Crippen molar-refractivity contribution in [1.29, 1.82) is 0 Å². The molecule has 0 radical (unpaired) electrons. The summed E-state index contributed by atoms with van der Waals surface area (Å²) in [5.41, 5.74) is 0. The fourth-order valence-electron chi connectivity index (χ4n) is 2.09. The maximum atomic E-state index is 11.8. The highest BCUT2D eigenvalue weighted by atomic mass is 16.5. The molecule has 1 aliphatic heterocycles. The smallest absolute Gasteiger partial charge is 0.237 e. The third kappa shape index (κ3) is 4.44. The lowest BCUT2D eigenvalue weighted by Gasteiger charge is -2.34. The van der Waals surface area contributed by atoms with Crippen LogP contribution in [0, 0.1) is 5.92 Å². The molecule has 98 valence electrons. The second kappa shape index (κ2) is 7.40. The molecule has 0 aromatic heterocycles. The fraction of sp³-hybridized carbons (Fsp3) is 0.833. The summed E-state index contributed by atoms with van der Waals surface area (Å²) in [6.45, 7) is 4.53. The van der Waals surface area contributed by atoms with Gasteiger partial charge < -0.3 is 14.8 Å². The van der Waals surface area contributed by atoms with Crippen LogP contribution in [0.5, 0.6) is 0 Å². The van der Waals surface area contributed by atoms with E-state index in [1.807, 2.05) is 6.92 Å². The molecule has 1 heterocycles. The van der Waals surface area contributed by atoms with E-state index in [2.05, 4.69) is 10.2 Å². The van der Waals surface area contributed by atoms with Gasteiger partial charge in [0.05, 0.1) is 12.6 Å². The number of hydrogen-bond acceptors (Lipinski definition) is 4. The highest BCUT2D eigenvalue weighted by molar-refractivity contribution is 5.81. The molecule has 1 aliphatic rings. The Morgan fingerprint density at radius 2 is 2.41 bits per heavy atom. The number of piperidine rings is 1. The van der Waals surface area contributed by atoms with Crippen LogP contribution >= 0.6 is 0 Å². The molecule has 2 unspecified atom stereocenters. The number of aldehydes is 1. The zero-order valence-electron chi connectivity index (χ0n) is 10.6. The molecule has 1 N–H and O–H groups in total. The lowest BCUT2D eigenvalue weighted by Crippen LogP contribution is -2.49. The highest BCUT2D eigenvalue weighted by Crippen LogP contribution is 2.16. The molecule has 0 aromatic carbocycles. The zero-order chi connectivity index (χ0) is 12.7. The number of amides is 1. The summed E-state index contributed by atoms with van der Waals surface area (Å²) in [7, 11) is 1.61. The molecule has 0 saturated carbocycles. The third-order valence-electron chi connectivity index (χ3n) is 3.21. The normalized spacial score (nSPS) is 23.1. The molecule has 1 amide bonds. The molecule has 1 saturated heterocycles. The van der Waals surface area contributed by atoms with E-state index < -0.39 is 0 Å². The number of carbonyl (C=O) groups is 2. The number of carbonyl (C=O) groups excluding carboxylic acids is 2. The van der Waals surface area contributed by atoms with Gasteiger partial charge in [-0.15, -0.1) is 0 Å². The van der Waals surface area contributed by atoms with Gasteiger partial charge in [0, 0.05) is 26.1 Å². The molecule has 1 fully saturated rings. The maximum absolute atomic E-state index is 11.8. The van der Waals surface area contributed by atoms with E-state index in [0.717, 1.165) is 25.7 Å². The van der Waals surface area contributed by atoms with E-state index >= 15 is 0 Å². The van der Waals surface area contributed by atoms with Crippen LogP contribution in [0.1, 0.15) is 19.8 Å². The van der Waals surface area contributed by atoms with Gasteiger partial charge in [0.25, 0.3) is 0 Å². The van der Waals surface area contributed by atoms with Gasteiger partial charge in [0.1, 0.15) is 6.29 Å². The predicted octanol–water partition coefficient (Wildman–Crippen LogP) is 0.0484. The summed E-state index contributed by atoms with van der Waals surface area (Å²) in [6.07, 6.45) is 2.93. The average Bonchev–Trinajstić information content (AvgIpc) is 2.38. The molecule has 5 heteroatoms. The van der Waals surface area contributed by atoms with Crippen molar-refractivity contribution in [3.05, 3.63) is 0 Å². The molecule has 0 bridgehead atoms. The van der Waals surface area contributed by atoms with Crippen molar-refractivity contribution >= 4 is 12.2 Å². The largest absolute Gasteiger partial charge is 0.383 e. The Kier molecular flexibility index (Phi) is 6.15. The minimum Gasteiger partial charge on any atom is -0.383 e. The predicted molar refractivity (Wildman–Crippen MR) is 64.7 cm³/mol. The van der Waals surface area contributed by atoms with Gasteiger partial charge in [0.2, 0.25) is 5.91 Å². The van der Waals surface area contributed by atoms with Gasteiger partial charge in [-0.05, 0) is 26.3 Å². The Balaban J connectivity index is 2.37. The summed E-state index contributed by atoms with van der Waals surface area (Å²) in [6, 6.07) is -0.172. The van der Waals surface area contributed by atoms with E-state index in [-0.39, 0.29) is 17.9 Å². The van der Waals surface area contributed by atoms with E-state index in [9.17, 15) is 9.59 Å². The van der Waals surface area contributed by atoms with Crippen LogP contribution in [-0.2, 0) is 14.3 Å². The molecule has 0 spiro atoms. The van der Waals surface area contributed by atoms with Crippen molar-refractivity contribution < 1.29 is 14.3 Å². The van der Waals surface area contributed by atoms with Gasteiger partial charge >= 0.3 is 0 Å². The minimum atomic E-state index is -0.172. The first kappa shape index (κ1) is 14.1. The zero-order valence-corrected chi connectivity index (χ0v) is 10.6. The second-order valence-electron chi connectivity index (χ2n) is 4.49. The number of nitrogens with one attached hydrogen (secondary N) is 1. The van der Waals surface area contributed by atoms with Crippen molar-refractivity contribution in [3.8, 4) is 0 Å². The van der Waals surface area contributed by atoms with E-state index in [1.165, 1.54) is 0 Å². The van der Waals surface area contributed by atoms with Crippen LogP contribution in [-0.4, -0.2) is 56.5 Å². The molecule has 0 aliphatic carbocycles. The monoisotopic (exact) mass is 242 g/mol. The Labute approximate surface area is 102 Å². The number of rotatable bonds is 6. The molecule has 17 heavy (non-hydrogen) atoms. The highest BCUT2D eigenvalue weighted by Gasteiger charge is 2.26. The van der Waals surface area contributed by atoms with Crippen LogP contribution in [0.4, 0.5) is 0 Å². The Hall–Kier alpha value is -0.940. The quantitative estimate of drug-likeness (QED) is 0.528. The minimum absolute atomic E-state index is 0.00796. The first-order valence-corrected chi connectivity index (χ1v) is 6.15. The molecular weight excluding hydrogens is 220 g/mol. The van der Waals surface area contributed by atoms with Gasteiger partial charge in [-0.3, -0.25) is 9.69 Å². The summed E-state index contributed by atoms with van der Waals surface area (Å²) >= 11 is 0. The lowest BCUT2D eigenvalue weighted by atomic mass is 9.98. The number of hydrogen-bond donors (Lipinski definition) is 1. The Morgan fingerprint density at radius 3 is 3.06 bits per heavy atom. The molecule has 2 atom stereocenters. The fourth-order valence-corrected chi connectivity index (χ4v) is 2.09. The van der Waals surface area contributed by atoms with Crippen molar-refractivity contribution in [2.45, 2.75) is 25.8 Å². The van der Waals surface area contributed by atoms with Crippen molar-refractivity contribution in [3.63, 3.8) is 0 Å². The summed E-state index contributed by atoms with van der Waals surface area (Å²) in [5.74, 6) is 0.0894. The first-order valence-electron chi connectivity index (χ1n) is 6.15. The van der Waals surface area contributed by atoms with Crippen molar-refractivity contribution in [1.82, 2.24) is 10.2 Å². The Bertz CT molecular complexity index is 258.